The van der Waals surface area contributed by atoms with Crippen LogP contribution in [0.25, 0.3) is 33.6 Å². The van der Waals surface area contributed by atoms with E-state index in [0.29, 0.717) is 47.0 Å². The molecule has 2 N–H and O–H groups in total. The summed E-state index contributed by atoms with van der Waals surface area (Å²) in [5.74, 6) is 3.15. The lowest BCUT2D eigenvalue weighted by Crippen LogP contribution is -2.66. The molecule has 2 unspecified atom stereocenters. The molecule has 8 rings (SSSR count). The molecule has 5 atom stereocenters. The van der Waals surface area contributed by atoms with Crippen LogP contribution in [0.4, 0.5) is 4.79 Å². The molecule has 3 aliphatic carbocycles. The van der Waals surface area contributed by atoms with Crippen LogP contribution >= 0.6 is 0 Å². The van der Waals surface area contributed by atoms with Gasteiger partial charge in [0.25, 0.3) is 5.91 Å². The predicted molar refractivity (Wildman–Crippen MR) is 143 cm³/mol. The lowest BCUT2D eigenvalue weighted by Gasteiger charge is -2.57. The predicted octanol–water partition coefficient (Wildman–Crippen LogP) is 3.56. The summed E-state index contributed by atoms with van der Waals surface area (Å²) < 4.78 is 15.5. The number of fused-ring (bicyclic) bond motifs is 2. The maximum absolute atomic E-state index is 13.9. The number of hydrogen-bond donors (Lipinski definition) is 1. The van der Waals surface area contributed by atoms with Crippen LogP contribution in [0.1, 0.15) is 29.6 Å². The van der Waals surface area contributed by atoms with E-state index in [2.05, 4.69) is 21.7 Å². The van der Waals surface area contributed by atoms with E-state index in [-0.39, 0.29) is 18.1 Å². The Hall–Kier alpha value is -4.08. The van der Waals surface area contributed by atoms with Crippen molar-refractivity contribution < 1.29 is 19.1 Å². The van der Waals surface area contributed by atoms with Gasteiger partial charge in [0.05, 0.1) is 24.4 Å². The van der Waals surface area contributed by atoms with Gasteiger partial charge >= 0.3 is 6.09 Å². The first kappa shape index (κ1) is 22.9. The van der Waals surface area contributed by atoms with E-state index in [9.17, 15) is 9.59 Å². The van der Waals surface area contributed by atoms with Gasteiger partial charge in [-0.25, -0.2) is 14.8 Å². The molecular weight excluding hydrogens is 496 g/mol. The number of amides is 2. The summed E-state index contributed by atoms with van der Waals surface area (Å²) in [4.78, 5) is 36.9. The highest BCUT2D eigenvalue weighted by Gasteiger charge is 2.69. The second-order valence-electron chi connectivity index (χ2n) is 11.6. The monoisotopic (exact) mass is 526 g/mol. The number of nitrogens with two attached hydrogens (primary N) is 1. The highest BCUT2D eigenvalue weighted by atomic mass is 16.6. The minimum Gasteiger partial charge on any atom is -0.494 e. The molecule has 3 saturated carbocycles. The highest BCUT2D eigenvalue weighted by molar-refractivity contribution is 6.00. The molecule has 0 bridgehead atoms. The number of aromatic nitrogens is 4. The lowest BCUT2D eigenvalue weighted by atomic mass is 9.51. The lowest BCUT2D eigenvalue weighted by molar-refractivity contribution is -0.144. The van der Waals surface area contributed by atoms with Crippen molar-refractivity contribution in [1.82, 2.24) is 24.0 Å². The highest BCUT2D eigenvalue weighted by Crippen LogP contribution is 2.62. The van der Waals surface area contributed by atoms with Crippen LogP contribution in [-0.2, 0) is 18.3 Å². The molecule has 4 aromatic rings. The summed E-state index contributed by atoms with van der Waals surface area (Å²) in [6.45, 7) is 1.58. The minimum atomic E-state index is -0.778. The van der Waals surface area contributed by atoms with E-state index in [4.69, 9.17) is 20.2 Å². The number of rotatable bonds is 6. The van der Waals surface area contributed by atoms with Gasteiger partial charge in [-0.15, -0.1) is 0 Å². The number of hydrogen-bond acceptors (Lipinski definition) is 6. The van der Waals surface area contributed by atoms with Crippen LogP contribution in [0, 0.1) is 23.7 Å². The van der Waals surface area contributed by atoms with E-state index >= 15 is 0 Å². The Balaban J connectivity index is 1.20. The number of likely N-dealkylation sites (tertiary alicyclic amines) is 1. The summed E-state index contributed by atoms with van der Waals surface area (Å²) in [6.07, 6.45) is 4.18. The number of nitrogens with zero attached hydrogens (tertiary/aromatic N) is 5. The van der Waals surface area contributed by atoms with Gasteiger partial charge in [0, 0.05) is 43.2 Å². The van der Waals surface area contributed by atoms with E-state index in [1.54, 1.807) is 13.2 Å². The first-order valence-electron chi connectivity index (χ1n) is 13.7. The molecule has 10 nitrogen and oxygen atoms in total. The second-order valence-corrected chi connectivity index (χ2v) is 11.6. The Kier molecular flexibility index (Phi) is 4.67. The zero-order chi connectivity index (χ0) is 26.6. The first-order valence-corrected chi connectivity index (χ1v) is 13.7. The number of pyridine rings is 1. The van der Waals surface area contributed by atoms with Gasteiger partial charge in [0.15, 0.2) is 5.82 Å². The molecular formula is C29H30N6O4. The van der Waals surface area contributed by atoms with Gasteiger partial charge in [-0.1, -0.05) is 0 Å². The Morgan fingerprint density at radius 1 is 1.21 bits per heavy atom. The van der Waals surface area contributed by atoms with Crippen LogP contribution in [0.15, 0.2) is 36.5 Å². The van der Waals surface area contributed by atoms with Gasteiger partial charge in [0.1, 0.15) is 23.0 Å². The SMILES string of the molecule is COc1cc(C(=O)N2C[C@H]3CC4C(OC(N)=O)[C@@H]2[C@H]43)cc2nc(-c3cc4cccnc4n3CC3CC3)n(C)c12. The number of ether oxygens (including phenoxy) is 2. The average Bonchev–Trinajstić information content (AvgIpc) is 3.55. The molecule has 1 aliphatic heterocycles. The number of carbonyl (C=O) groups excluding carboxylic acids is 2. The van der Waals surface area contributed by atoms with Crippen LogP contribution < -0.4 is 10.5 Å². The standard InChI is InChI=1S/C29H30N6O4/c1-33-23-19(32-27(33)20-10-15-4-3-7-31-26(15)34(20)12-14-5-6-14)9-16(11-21(23)38-2)28(36)35-13-17-8-18-22(17)24(35)25(18)39-29(30)37/h3-4,7,9-11,14,17-18,22,24-25H,5-6,8,12-13H2,1-2H3,(H2,30,37)/t17-,18?,22+,24+,25?/m1/s1. The van der Waals surface area contributed by atoms with Crippen molar-refractivity contribution in [2.75, 3.05) is 13.7 Å². The molecule has 4 heterocycles. The summed E-state index contributed by atoms with van der Waals surface area (Å²) in [7, 11) is 3.60. The minimum absolute atomic E-state index is 0.0922. The number of carbonyl (C=O) groups is 2. The Morgan fingerprint density at radius 3 is 2.82 bits per heavy atom. The maximum atomic E-state index is 13.9. The third-order valence-electron chi connectivity index (χ3n) is 9.49. The van der Waals surface area contributed by atoms with Crippen molar-refractivity contribution in [3.63, 3.8) is 0 Å². The number of imidazole rings is 1. The Bertz CT molecular complexity index is 1690. The van der Waals surface area contributed by atoms with Crippen LogP contribution in [0.2, 0.25) is 0 Å². The van der Waals surface area contributed by atoms with Crippen LogP contribution in [0.3, 0.4) is 0 Å². The zero-order valence-corrected chi connectivity index (χ0v) is 21.9. The molecule has 4 aliphatic rings. The van der Waals surface area contributed by atoms with Crippen molar-refractivity contribution in [1.29, 1.82) is 0 Å². The maximum Gasteiger partial charge on any atom is 0.404 e. The Labute approximate surface area is 224 Å². The topological polar surface area (TPSA) is 118 Å². The van der Waals surface area contributed by atoms with Gasteiger partial charge in [-0.05, 0) is 67.3 Å². The van der Waals surface area contributed by atoms with Gasteiger partial charge in [0.2, 0.25) is 0 Å². The molecule has 200 valence electrons. The number of aryl methyl sites for hydroxylation is 1. The number of methoxy groups -OCH3 is 1. The fraction of sp³-hybridized carbons (Fsp3) is 0.448. The van der Waals surface area contributed by atoms with Crippen molar-refractivity contribution >= 4 is 34.1 Å². The fourth-order valence-electron chi connectivity index (χ4n) is 7.50. The summed E-state index contributed by atoms with van der Waals surface area (Å²) in [5, 5.41) is 1.08. The molecule has 1 saturated heterocycles. The van der Waals surface area contributed by atoms with Crippen molar-refractivity contribution in [2.24, 2.45) is 36.5 Å². The molecule has 39 heavy (non-hydrogen) atoms. The molecule has 0 spiro atoms. The van der Waals surface area contributed by atoms with Gasteiger partial charge in [-0.3, -0.25) is 4.79 Å². The van der Waals surface area contributed by atoms with Crippen molar-refractivity contribution in [2.45, 2.75) is 38.0 Å². The zero-order valence-electron chi connectivity index (χ0n) is 21.9. The third-order valence-corrected chi connectivity index (χ3v) is 9.49. The van der Waals surface area contributed by atoms with E-state index in [1.165, 1.54) is 12.8 Å². The second kappa shape index (κ2) is 7.97. The third kappa shape index (κ3) is 3.20. The average molecular weight is 527 g/mol. The molecule has 4 fully saturated rings. The molecule has 1 aromatic carbocycles. The smallest absolute Gasteiger partial charge is 0.404 e. The summed E-state index contributed by atoms with van der Waals surface area (Å²) >= 11 is 0. The molecule has 2 amide bonds. The van der Waals surface area contributed by atoms with Crippen LogP contribution in [-0.4, -0.2) is 61.8 Å². The molecule has 3 aromatic heterocycles. The summed E-state index contributed by atoms with van der Waals surface area (Å²) in [5.41, 5.74) is 9.35. The van der Waals surface area contributed by atoms with Gasteiger partial charge < -0.3 is 29.2 Å². The first-order chi connectivity index (χ1) is 18.9. The van der Waals surface area contributed by atoms with E-state index in [0.717, 1.165) is 41.0 Å². The van der Waals surface area contributed by atoms with Crippen LogP contribution in [0.5, 0.6) is 5.75 Å². The Morgan fingerprint density at radius 2 is 2.05 bits per heavy atom. The van der Waals surface area contributed by atoms with Crippen molar-refractivity contribution in [3.05, 3.63) is 42.1 Å². The number of benzene rings is 1. The van der Waals surface area contributed by atoms with E-state index < -0.39 is 6.09 Å². The largest absolute Gasteiger partial charge is 0.494 e. The molecule has 10 heteroatoms. The normalized spacial score (nSPS) is 26.8. The summed E-state index contributed by atoms with van der Waals surface area (Å²) in [6, 6.07) is 9.74. The quantitative estimate of drug-likeness (QED) is 0.411. The van der Waals surface area contributed by atoms with Gasteiger partial charge in [-0.2, -0.15) is 0 Å². The van der Waals surface area contributed by atoms with E-state index in [1.807, 2.05) is 34.8 Å². The fourth-order valence-corrected chi connectivity index (χ4v) is 7.50. The number of primary amides is 1. The van der Waals surface area contributed by atoms with Crippen molar-refractivity contribution in [3.8, 4) is 17.3 Å². The molecule has 0 radical (unpaired) electrons.